The second-order valence-corrected chi connectivity index (χ2v) is 3.33. The van der Waals surface area contributed by atoms with Gasteiger partial charge in [0.15, 0.2) is 0 Å². The first-order valence-corrected chi connectivity index (χ1v) is 3.36. The Bertz CT molecular complexity index is 125. The Labute approximate surface area is 56.7 Å². The number of hydrogen-bond donors (Lipinski definition) is 0. The third-order valence-corrected chi connectivity index (χ3v) is 1.79. The quantitative estimate of drug-likeness (QED) is 0.488. The SMILES string of the molecule is CO[C@@H]1C=CC(C)(C)C1. The molecule has 0 heterocycles. The van der Waals surface area contributed by atoms with Gasteiger partial charge in [0.05, 0.1) is 6.10 Å². The molecule has 0 aromatic heterocycles. The van der Waals surface area contributed by atoms with E-state index in [9.17, 15) is 0 Å². The Hall–Kier alpha value is -0.300. The van der Waals surface area contributed by atoms with Crippen LogP contribution in [0.25, 0.3) is 0 Å². The van der Waals surface area contributed by atoms with Crippen LogP contribution in [-0.4, -0.2) is 13.2 Å². The summed E-state index contributed by atoms with van der Waals surface area (Å²) in [6.45, 7) is 4.45. The van der Waals surface area contributed by atoms with Crippen molar-refractivity contribution in [3.05, 3.63) is 12.2 Å². The number of ether oxygens (including phenoxy) is 1. The average Bonchev–Trinajstić information content (AvgIpc) is 2.10. The van der Waals surface area contributed by atoms with Crippen molar-refractivity contribution in [1.29, 1.82) is 0 Å². The lowest BCUT2D eigenvalue weighted by Gasteiger charge is -2.15. The summed E-state index contributed by atoms with van der Waals surface area (Å²) in [5.41, 5.74) is 0.362. The zero-order valence-electron chi connectivity index (χ0n) is 6.35. The molecule has 0 saturated heterocycles. The molecule has 0 aromatic rings. The Morgan fingerprint density at radius 1 is 1.56 bits per heavy atom. The van der Waals surface area contributed by atoms with E-state index in [1.165, 1.54) is 0 Å². The standard InChI is InChI=1S/C8H14O/c1-8(2)5-4-7(6-8)9-3/h4-5,7H,6H2,1-3H3/t7-/m1/s1. The predicted octanol–water partition coefficient (Wildman–Crippen LogP) is 1.99. The van der Waals surface area contributed by atoms with E-state index in [2.05, 4.69) is 26.0 Å². The molecule has 9 heavy (non-hydrogen) atoms. The Balaban J connectivity index is 2.50. The summed E-state index contributed by atoms with van der Waals surface area (Å²) in [5.74, 6) is 0. The van der Waals surface area contributed by atoms with Gasteiger partial charge in [-0.3, -0.25) is 0 Å². The number of hydrogen-bond acceptors (Lipinski definition) is 1. The molecule has 0 fully saturated rings. The van der Waals surface area contributed by atoms with E-state index < -0.39 is 0 Å². The monoisotopic (exact) mass is 126 g/mol. The second-order valence-electron chi connectivity index (χ2n) is 3.33. The van der Waals surface area contributed by atoms with Gasteiger partial charge in [0.25, 0.3) is 0 Å². The van der Waals surface area contributed by atoms with E-state index in [-0.39, 0.29) is 0 Å². The highest BCUT2D eigenvalue weighted by Crippen LogP contribution is 2.31. The lowest BCUT2D eigenvalue weighted by Crippen LogP contribution is -2.10. The van der Waals surface area contributed by atoms with Crippen molar-refractivity contribution in [1.82, 2.24) is 0 Å². The molecule has 0 aliphatic heterocycles. The first-order valence-electron chi connectivity index (χ1n) is 3.36. The highest BCUT2D eigenvalue weighted by molar-refractivity contribution is 5.08. The number of allylic oxidation sites excluding steroid dienone is 1. The summed E-state index contributed by atoms with van der Waals surface area (Å²) < 4.78 is 5.16. The summed E-state index contributed by atoms with van der Waals surface area (Å²) >= 11 is 0. The van der Waals surface area contributed by atoms with Crippen LogP contribution in [0.15, 0.2) is 12.2 Å². The zero-order valence-corrected chi connectivity index (χ0v) is 6.35. The maximum Gasteiger partial charge on any atom is 0.0760 e. The third-order valence-electron chi connectivity index (χ3n) is 1.79. The van der Waals surface area contributed by atoms with Crippen LogP contribution < -0.4 is 0 Å². The van der Waals surface area contributed by atoms with Crippen molar-refractivity contribution >= 4 is 0 Å². The lowest BCUT2D eigenvalue weighted by molar-refractivity contribution is 0.122. The van der Waals surface area contributed by atoms with Crippen LogP contribution >= 0.6 is 0 Å². The second kappa shape index (κ2) is 2.14. The third kappa shape index (κ3) is 1.55. The molecule has 1 heteroatoms. The summed E-state index contributed by atoms with van der Waals surface area (Å²) in [6, 6.07) is 0. The fourth-order valence-electron chi connectivity index (χ4n) is 1.18. The van der Waals surface area contributed by atoms with E-state index >= 15 is 0 Å². The molecule has 0 aromatic carbocycles. The van der Waals surface area contributed by atoms with Gasteiger partial charge in [-0.15, -0.1) is 0 Å². The van der Waals surface area contributed by atoms with Gasteiger partial charge in [-0.05, 0) is 11.8 Å². The van der Waals surface area contributed by atoms with Gasteiger partial charge in [0.2, 0.25) is 0 Å². The number of methoxy groups -OCH3 is 1. The maximum absolute atomic E-state index is 5.16. The minimum atomic E-state index is 0.361. The van der Waals surface area contributed by atoms with Gasteiger partial charge in [-0.25, -0.2) is 0 Å². The van der Waals surface area contributed by atoms with Gasteiger partial charge in [0, 0.05) is 7.11 Å². The fraction of sp³-hybridized carbons (Fsp3) is 0.750. The van der Waals surface area contributed by atoms with Gasteiger partial charge in [-0.1, -0.05) is 26.0 Å². The highest BCUT2D eigenvalue weighted by Gasteiger charge is 2.24. The first kappa shape index (κ1) is 6.81. The van der Waals surface area contributed by atoms with Crippen LogP contribution in [0.4, 0.5) is 0 Å². The number of rotatable bonds is 1. The molecule has 0 saturated carbocycles. The van der Waals surface area contributed by atoms with Crippen LogP contribution in [0.1, 0.15) is 20.3 Å². The molecule has 0 radical (unpaired) electrons. The topological polar surface area (TPSA) is 9.23 Å². The van der Waals surface area contributed by atoms with Crippen LogP contribution in [0, 0.1) is 5.41 Å². The lowest BCUT2D eigenvalue weighted by atomic mass is 9.93. The minimum absolute atomic E-state index is 0.361. The molecule has 1 rings (SSSR count). The van der Waals surface area contributed by atoms with E-state index in [1.54, 1.807) is 7.11 Å². The van der Waals surface area contributed by atoms with E-state index in [0.717, 1.165) is 6.42 Å². The van der Waals surface area contributed by atoms with Crippen molar-refractivity contribution in [2.45, 2.75) is 26.4 Å². The largest absolute Gasteiger partial charge is 0.377 e. The van der Waals surface area contributed by atoms with Crippen molar-refractivity contribution < 1.29 is 4.74 Å². The Morgan fingerprint density at radius 2 is 2.22 bits per heavy atom. The van der Waals surface area contributed by atoms with E-state index in [1.807, 2.05) is 0 Å². The smallest absolute Gasteiger partial charge is 0.0760 e. The first-order chi connectivity index (χ1) is 4.14. The van der Waals surface area contributed by atoms with Crippen LogP contribution in [0.5, 0.6) is 0 Å². The van der Waals surface area contributed by atoms with Gasteiger partial charge in [-0.2, -0.15) is 0 Å². The molecule has 52 valence electrons. The van der Waals surface area contributed by atoms with Crippen LogP contribution in [0.3, 0.4) is 0 Å². The summed E-state index contributed by atoms with van der Waals surface area (Å²) in [5, 5.41) is 0. The normalized spacial score (nSPS) is 31.2. The predicted molar refractivity (Wildman–Crippen MR) is 38.3 cm³/mol. The van der Waals surface area contributed by atoms with Crippen molar-refractivity contribution in [3.8, 4) is 0 Å². The minimum Gasteiger partial charge on any atom is -0.377 e. The van der Waals surface area contributed by atoms with E-state index in [4.69, 9.17) is 4.74 Å². The van der Waals surface area contributed by atoms with E-state index in [0.29, 0.717) is 11.5 Å². The molecule has 1 nitrogen and oxygen atoms in total. The molecule has 1 aliphatic rings. The van der Waals surface area contributed by atoms with Crippen molar-refractivity contribution in [2.75, 3.05) is 7.11 Å². The molecular formula is C8H14O. The maximum atomic E-state index is 5.16. The van der Waals surface area contributed by atoms with Crippen molar-refractivity contribution in [3.63, 3.8) is 0 Å². The zero-order chi connectivity index (χ0) is 6.91. The molecule has 0 bridgehead atoms. The summed E-state index contributed by atoms with van der Waals surface area (Å²) in [6.07, 6.45) is 5.85. The Kier molecular flexibility index (Phi) is 1.62. The summed E-state index contributed by atoms with van der Waals surface area (Å²) in [7, 11) is 1.76. The molecule has 1 aliphatic carbocycles. The van der Waals surface area contributed by atoms with Crippen LogP contribution in [-0.2, 0) is 4.74 Å². The fourth-order valence-corrected chi connectivity index (χ4v) is 1.18. The van der Waals surface area contributed by atoms with Gasteiger partial charge >= 0.3 is 0 Å². The molecule has 1 atom stereocenters. The molecule has 0 amide bonds. The molecule has 0 N–H and O–H groups in total. The van der Waals surface area contributed by atoms with Crippen LogP contribution in [0.2, 0.25) is 0 Å². The van der Waals surface area contributed by atoms with Crippen molar-refractivity contribution in [2.24, 2.45) is 5.41 Å². The Morgan fingerprint density at radius 3 is 2.44 bits per heavy atom. The van der Waals surface area contributed by atoms with Gasteiger partial charge < -0.3 is 4.74 Å². The molecule has 0 spiro atoms. The summed E-state index contributed by atoms with van der Waals surface area (Å²) in [4.78, 5) is 0. The molecule has 0 unspecified atom stereocenters. The highest BCUT2D eigenvalue weighted by atomic mass is 16.5. The molecular weight excluding hydrogens is 112 g/mol. The van der Waals surface area contributed by atoms with Gasteiger partial charge in [0.1, 0.15) is 0 Å². The average molecular weight is 126 g/mol.